The fourth-order valence-corrected chi connectivity index (χ4v) is 2.67. The minimum atomic E-state index is -3.85. The predicted octanol–water partition coefficient (Wildman–Crippen LogP) is 2.57. The van der Waals surface area contributed by atoms with E-state index in [0.717, 1.165) is 5.76 Å². The van der Waals surface area contributed by atoms with Crippen LogP contribution in [0.5, 0.6) is 0 Å². The molecule has 1 atom stereocenters. The molecule has 1 heterocycles. The summed E-state index contributed by atoms with van der Waals surface area (Å²) in [5.74, 6) is 0.399. The summed E-state index contributed by atoms with van der Waals surface area (Å²) in [6.45, 7) is 1.84. The highest BCUT2D eigenvalue weighted by Gasteiger charge is 2.15. The van der Waals surface area contributed by atoms with E-state index in [1.54, 1.807) is 12.3 Å². The van der Waals surface area contributed by atoms with Gasteiger partial charge in [0.1, 0.15) is 5.76 Å². The van der Waals surface area contributed by atoms with Crippen LogP contribution >= 0.6 is 10.7 Å². The van der Waals surface area contributed by atoms with Gasteiger partial charge >= 0.3 is 0 Å². The Kier molecular flexibility index (Phi) is 4.69. The summed E-state index contributed by atoms with van der Waals surface area (Å²) in [5, 5.41) is 2.78. The molecule has 0 aliphatic heterocycles. The second kappa shape index (κ2) is 6.32. The molecule has 112 valence electrons. The first-order valence-corrected chi connectivity index (χ1v) is 8.55. The molecule has 0 radical (unpaired) electrons. The van der Waals surface area contributed by atoms with Crippen LogP contribution in [0.15, 0.2) is 52.0 Å². The van der Waals surface area contributed by atoms with E-state index in [9.17, 15) is 13.2 Å². The molecular weight excluding hydrogens is 314 g/mol. The second-order valence-corrected chi connectivity index (χ2v) is 7.19. The fraction of sp³-hybridized carbons (Fsp3) is 0.214. The highest BCUT2D eigenvalue weighted by molar-refractivity contribution is 8.13. The third-order valence-corrected chi connectivity index (χ3v) is 4.19. The van der Waals surface area contributed by atoms with E-state index in [2.05, 4.69) is 5.32 Å². The zero-order valence-corrected chi connectivity index (χ0v) is 12.8. The summed E-state index contributed by atoms with van der Waals surface area (Å²) >= 11 is 0. The van der Waals surface area contributed by atoms with E-state index in [1.165, 1.54) is 24.3 Å². The van der Waals surface area contributed by atoms with Gasteiger partial charge in [-0.05, 0) is 37.3 Å². The summed E-state index contributed by atoms with van der Waals surface area (Å²) in [7, 11) is 1.41. The minimum Gasteiger partial charge on any atom is -0.469 e. The Morgan fingerprint density at radius 2 is 2.10 bits per heavy atom. The first-order valence-electron chi connectivity index (χ1n) is 6.24. The SMILES string of the molecule is CC(Cc1ccco1)NC(=O)c1cccc(S(=O)(=O)Cl)c1. The highest BCUT2D eigenvalue weighted by Crippen LogP contribution is 2.16. The molecule has 2 aromatic rings. The van der Waals surface area contributed by atoms with Crippen molar-refractivity contribution in [1.82, 2.24) is 5.32 Å². The van der Waals surface area contributed by atoms with Crippen LogP contribution in [0.25, 0.3) is 0 Å². The number of halogens is 1. The van der Waals surface area contributed by atoms with Crippen LogP contribution in [-0.2, 0) is 15.5 Å². The smallest absolute Gasteiger partial charge is 0.261 e. The van der Waals surface area contributed by atoms with Gasteiger partial charge in [0.05, 0.1) is 11.2 Å². The average Bonchev–Trinajstić information content (AvgIpc) is 2.90. The number of nitrogens with one attached hydrogen (secondary N) is 1. The first kappa shape index (κ1) is 15.6. The highest BCUT2D eigenvalue weighted by atomic mass is 35.7. The fourth-order valence-electron chi connectivity index (χ4n) is 1.88. The van der Waals surface area contributed by atoms with Gasteiger partial charge in [0, 0.05) is 28.7 Å². The van der Waals surface area contributed by atoms with Crippen LogP contribution in [0.3, 0.4) is 0 Å². The van der Waals surface area contributed by atoms with Crippen LogP contribution in [0, 0.1) is 0 Å². The largest absolute Gasteiger partial charge is 0.469 e. The molecule has 0 aliphatic rings. The average molecular weight is 328 g/mol. The number of carbonyl (C=O) groups excluding carboxylic acids is 1. The molecule has 1 aromatic heterocycles. The monoisotopic (exact) mass is 327 g/mol. The maximum Gasteiger partial charge on any atom is 0.261 e. The lowest BCUT2D eigenvalue weighted by Crippen LogP contribution is -2.34. The van der Waals surface area contributed by atoms with Gasteiger partial charge in [0.15, 0.2) is 0 Å². The topological polar surface area (TPSA) is 76.4 Å². The van der Waals surface area contributed by atoms with Crippen LogP contribution in [0.2, 0.25) is 0 Å². The normalized spacial score (nSPS) is 12.9. The molecule has 0 bridgehead atoms. The van der Waals surface area contributed by atoms with Gasteiger partial charge in [-0.15, -0.1) is 0 Å². The number of hydrogen-bond donors (Lipinski definition) is 1. The van der Waals surface area contributed by atoms with Crippen molar-refractivity contribution in [3.8, 4) is 0 Å². The van der Waals surface area contributed by atoms with E-state index >= 15 is 0 Å². The molecule has 21 heavy (non-hydrogen) atoms. The van der Waals surface area contributed by atoms with E-state index < -0.39 is 9.05 Å². The minimum absolute atomic E-state index is 0.101. The lowest BCUT2D eigenvalue weighted by molar-refractivity contribution is 0.0939. The number of carbonyl (C=O) groups is 1. The Bertz CT molecular complexity index is 725. The Morgan fingerprint density at radius 1 is 1.33 bits per heavy atom. The van der Waals surface area contributed by atoms with E-state index in [4.69, 9.17) is 15.1 Å². The van der Waals surface area contributed by atoms with Crippen molar-refractivity contribution in [2.24, 2.45) is 0 Å². The Hall–Kier alpha value is -1.79. The Morgan fingerprint density at radius 3 is 2.71 bits per heavy atom. The molecular formula is C14H14ClNO4S. The second-order valence-electron chi connectivity index (χ2n) is 4.62. The molecule has 0 fully saturated rings. The van der Waals surface area contributed by atoms with Crippen molar-refractivity contribution in [3.63, 3.8) is 0 Å². The quantitative estimate of drug-likeness (QED) is 0.856. The molecule has 5 nitrogen and oxygen atoms in total. The van der Waals surface area contributed by atoms with Gasteiger partial charge in [0.25, 0.3) is 15.0 Å². The van der Waals surface area contributed by atoms with E-state index in [0.29, 0.717) is 6.42 Å². The van der Waals surface area contributed by atoms with Gasteiger partial charge in [-0.25, -0.2) is 8.42 Å². The Balaban J connectivity index is 2.06. The number of hydrogen-bond acceptors (Lipinski definition) is 4. The lowest BCUT2D eigenvalue weighted by atomic mass is 10.1. The molecule has 2 rings (SSSR count). The van der Waals surface area contributed by atoms with E-state index in [-0.39, 0.29) is 22.4 Å². The number of rotatable bonds is 5. The number of benzene rings is 1. The molecule has 0 aliphatic carbocycles. The summed E-state index contributed by atoms with van der Waals surface area (Å²) in [6.07, 6.45) is 2.12. The Labute approximate surface area is 127 Å². The molecule has 0 spiro atoms. The number of amides is 1. The molecule has 1 unspecified atom stereocenters. The maximum atomic E-state index is 12.1. The zero-order valence-electron chi connectivity index (χ0n) is 11.2. The molecule has 1 N–H and O–H groups in total. The van der Waals surface area contributed by atoms with Crippen molar-refractivity contribution < 1.29 is 17.6 Å². The van der Waals surface area contributed by atoms with Gasteiger partial charge < -0.3 is 9.73 Å². The van der Waals surface area contributed by atoms with Crippen LogP contribution in [0.4, 0.5) is 0 Å². The van der Waals surface area contributed by atoms with Crippen LogP contribution < -0.4 is 5.32 Å². The van der Waals surface area contributed by atoms with Gasteiger partial charge in [-0.2, -0.15) is 0 Å². The number of furan rings is 1. The molecule has 1 amide bonds. The van der Waals surface area contributed by atoms with Crippen molar-refractivity contribution in [2.75, 3.05) is 0 Å². The predicted molar refractivity (Wildman–Crippen MR) is 78.8 cm³/mol. The molecule has 1 aromatic carbocycles. The lowest BCUT2D eigenvalue weighted by Gasteiger charge is -2.12. The van der Waals surface area contributed by atoms with Gasteiger partial charge in [0.2, 0.25) is 0 Å². The standard InChI is InChI=1S/C14H14ClNO4S/c1-10(8-12-5-3-7-20-12)16-14(17)11-4-2-6-13(9-11)21(15,18)19/h2-7,9-10H,8H2,1H3,(H,16,17). The summed E-state index contributed by atoms with van der Waals surface area (Å²) in [4.78, 5) is 12.0. The maximum absolute atomic E-state index is 12.1. The van der Waals surface area contributed by atoms with Crippen LogP contribution in [-0.4, -0.2) is 20.4 Å². The van der Waals surface area contributed by atoms with E-state index in [1.807, 2.05) is 13.0 Å². The summed E-state index contributed by atoms with van der Waals surface area (Å²) < 4.78 is 27.7. The van der Waals surface area contributed by atoms with Gasteiger partial charge in [-0.3, -0.25) is 4.79 Å². The zero-order chi connectivity index (χ0) is 15.5. The molecule has 7 heteroatoms. The third kappa shape index (κ3) is 4.34. The van der Waals surface area contributed by atoms with Crippen molar-refractivity contribution in [2.45, 2.75) is 24.3 Å². The van der Waals surface area contributed by atoms with Crippen molar-refractivity contribution in [3.05, 3.63) is 54.0 Å². The van der Waals surface area contributed by atoms with Gasteiger partial charge in [-0.1, -0.05) is 6.07 Å². The van der Waals surface area contributed by atoms with Crippen LogP contribution in [0.1, 0.15) is 23.0 Å². The first-order chi connectivity index (χ1) is 9.86. The van der Waals surface area contributed by atoms with Crippen molar-refractivity contribution in [1.29, 1.82) is 0 Å². The molecule has 0 saturated heterocycles. The molecule has 0 saturated carbocycles. The summed E-state index contributed by atoms with van der Waals surface area (Å²) in [5.41, 5.74) is 0.239. The summed E-state index contributed by atoms with van der Waals surface area (Å²) in [6, 6.07) is 9.03. The van der Waals surface area contributed by atoms with Crippen molar-refractivity contribution >= 4 is 25.6 Å². The third-order valence-electron chi connectivity index (χ3n) is 2.84.